The number of hydrogen-bond acceptors (Lipinski definition) is 3. The van der Waals surface area contributed by atoms with Crippen LogP contribution in [0.1, 0.15) is 35.1 Å². The molecule has 0 aliphatic carbocycles. The van der Waals surface area contributed by atoms with Crippen molar-refractivity contribution >= 4 is 5.91 Å². The SMILES string of the molecule is Cc1nccn1CC(=O)N1Cc2[nH]cnc2C(CCc2ccccc2)C1. The number of hydrogen-bond donors (Lipinski definition) is 1. The van der Waals surface area contributed by atoms with Gasteiger partial charge in [0.15, 0.2) is 0 Å². The van der Waals surface area contributed by atoms with Gasteiger partial charge in [0, 0.05) is 24.9 Å². The van der Waals surface area contributed by atoms with Crippen LogP contribution >= 0.6 is 0 Å². The van der Waals surface area contributed by atoms with Crippen molar-refractivity contribution in [3.8, 4) is 0 Å². The van der Waals surface area contributed by atoms with E-state index in [1.165, 1.54) is 5.56 Å². The van der Waals surface area contributed by atoms with Gasteiger partial charge in [-0.05, 0) is 25.3 Å². The average molecular weight is 349 g/mol. The van der Waals surface area contributed by atoms with Gasteiger partial charge < -0.3 is 14.5 Å². The number of rotatable bonds is 5. The van der Waals surface area contributed by atoms with Crippen LogP contribution < -0.4 is 0 Å². The predicted molar refractivity (Wildman–Crippen MR) is 98.5 cm³/mol. The Morgan fingerprint density at radius 3 is 2.88 bits per heavy atom. The minimum absolute atomic E-state index is 0.121. The van der Waals surface area contributed by atoms with Crippen molar-refractivity contribution in [2.45, 2.75) is 38.8 Å². The Morgan fingerprint density at radius 1 is 1.27 bits per heavy atom. The first-order valence-corrected chi connectivity index (χ1v) is 9.02. The number of fused-ring (bicyclic) bond motifs is 1. The van der Waals surface area contributed by atoms with Gasteiger partial charge in [0.2, 0.25) is 5.91 Å². The fraction of sp³-hybridized carbons (Fsp3) is 0.350. The Labute approximate surface area is 152 Å². The molecule has 1 atom stereocenters. The largest absolute Gasteiger partial charge is 0.347 e. The maximum absolute atomic E-state index is 12.8. The van der Waals surface area contributed by atoms with Crippen LogP contribution in [0.3, 0.4) is 0 Å². The highest BCUT2D eigenvalue weighted by molar-refractivity contribution is 5.76. The summed E-state index contributed by atoms with van der Waals surface area (Å²) in [6.07, 6.45) is 7.30. The lowest BCUT2D eigenvalue weighted by molar-refractivity contribution is -0.133. The monoisotopic (exact) mass is 349 g/mol. The van der Waals surface area contributed by atoms with Crippen LogP contribution in [0, 0.1) is 6.92 Å². The minimum Gasteiger partial charge on any atom is -0.347 e. The number of aryl methyl sites for hydroxylation is 2. The third kappa shape index (κ3) is 3.40. The average Bonchev–Trinajstić information content (AvgIpc) is 3.29. The van der Waals surface area contributed by atoms with Crippen LogP contribution in [0.15, 0.2) is 49.1 Å². The van der Waals surface area contributed by atoms with E-state index in [-0.39, 0.29) is 11.8 Å². The second-order valence-electron chi connectivity index (χ2n) is 6.86. The summed E-state index contributed by atoms with van der Waals surface area (Å²) in [5.41, 5.74) is 3.50. The van der Waals surface area contributed by atoms with Crippen molar-refractivity contribution in [1.29, 1.82) is 0 Å². The second kappa shape index (κ2) is 7.15. The molecule has 0 bridgehead atoms. The van der Waals surface area contributed by atoms with E-state index in [9.17, 15) is 4.79 Å². The topological polar surface area (TPSA) is 66.8 Å². The first kappa shape index (κ1) is 16.6. The van der Waals surface area contributed by atoms with Gasteiger partial charge in [0.25, 0.3) is 0 Å². The molecule has 2 aromatic heterocycles. The maximum Gasteiger partial charge on any atom is 0.242 e. The number of nitrogens with zero attached hydrogens (tertiary/aromatic N) is 4. The molecule has 1 aliphatic heterocycles. The Morgan fingerprint density at radius 2 is 2.12 bits per heavy atom. The van der Waals surface area contributed by atoms with E-state index < -0.39 is 0 Å². The molecule has 4 rings (SSSR count). The molecular weight excluding hydrogens is 326 g/mol. The number of carbonyl (C=O) groups excluding carboxylic acids is 1. The first-order valence-electron chi connectivity index (χ1n) is 9.02. The predicted octanol–water partition coefficient (Wildman–Crippen LogP) is 2.67. The lowest BCUT2D eigenvalue weighted by Crippen LogP contribution is -2.40. The summed E-state index contributed by atoms with van der Waals surface area (Å²) in [4.78, 5) is 26.7. The number of benzene rings is 1. The van der Waals surface area contributed by atoms with Gasteiger partial charge in [-0.2, -0.15) is 0 Å². The fourth-order valence-electron chi connectivity index (χ4n) is 3.64. The highest BCUT2D eigenvalue weighted by Crippen LogP contribution is 2.29. The van der Waals surface area contributed by atoms with Gasteiger partial charge in [-0.25, -0.2) is 9.97 Å². The molecule has 0 saturated carbocycles. The van der Waals surface area contributed by atoms with Crippen molar-refractivity contribution in [3.05, 3.63) is 71.8 Å². The second-order valence-corrected chi connectivity index (χ2v) is 6.86. The van der Waals surface area contributed by atoms with E-state index in [0.717, 1.165) is 36.6 Å². The molecule has 0 saturated heterocycles. The fourth-order valence-corrected chi connectivity index (χ4v) is 3.64. The Hall–Kier alpha value is -2.89. The third-order valence-electron chi connectivity index (χ3n) is 5.13. The van der Waals surface area contributed by atoms with E-state index in [4.69, 9.17) is 0 Å². The van der Waals surface area contributed by atoms with Crippen molar-refractivity contribution in [3.63, 3.8) is 0 Å². The van der Waals surface area contributed by atoms with Gasteiger partial charge in [0.05, 0.1) is 24.3 Å². The van der Waals surface area contributed by atoms with Crippen LogP contribution in [0.4, 0.5) is 0 Å². The molecule has 0 fully saturated rings. The van der Waals surface area contributed by atoms with Crippen molar-refractivity contribution in [1.82, 2.24) is 24.4 Å². The first-order chi connectivity index (χ1) is 12.7. The van der Waals surface area contributed by atoms with Gasteiger partial charge in [-0.15, -0.1) is 0 Å². The summed E-state index contributed by atoms with van der Waals surface area (Å²) in [6, 6.07) is 10.5. The molecular formula is C20H23N5O. The third-order valence-corrected chi connectivity index (χ3v) is 5.13. The summed E-state index contributed by atoms with van der Waals surface area (Å²) in [6.45, 7) is 3.57. The number of imidazole rings is 2. The van der Waals surface area contributed by atoms with Crippen LogP contribution in [-0.4, -0.2) is 36.9 Å². The lowest BCUT2D eigenvalue weighted by Gasteiger charge is -2.32. The van der Waals surface area contributed by atoms with E-state index >= 15 is 0 Å². The minimum atomic E-state index is 0.121. The molecule has 1 N–H and O–H groups in total. The normalized spacial score (nSPS) is 16.5. The number of amides is 1. The molecule has 6 nitrogen and oxygen atoms in total. The van der Waals surface area contributed by atoms with E-state index in [0.29, 0.717) is 13.1 Å². The molecule has 26 heavy (non-hydrogen) atoms. The summed E-state index contributed by atoms with van der Waals surface area (Å²) < 4.78 is 1.89. The van der Waals surface area contributed by atoms with Gasteiger partial charge in [0.1, 0.15) is 12.4 Å². The Balaban J connectivity index is 1.47. The van der Waals surface area contributed by atoms with Crippen LogP contribution in [-0.2, 0) is 24.3 Å². The lowest BCUT2D eigenvalue weighted by atomic mass is 9.92. The molecule has 6 heteroatoms. The van der Waals surface area contributed by atoms with Crippen LogP contribution in [0.5, 0.6) is 0 Å². The summed E-state index contributed by atoms with van der Waals surface area (Å²) in [5, 5.41) is 0. The zero-order valence-corrected chi connectivity index (χ0v) is 14.9. The summed E-state index contributed by atoms with van der Waals surface area (Å²) in [7, 11) is 0. The molecule has 3 heterocycles. The Kier molecular flexibility index (Phi) is 4.56. The van der Waals surface area contributed by atoms with Gasteiger partial charge in [-0.1, -0.05) is 30.3 Å². The van der Waals surface area contributed by atoms with Crippen molar-refractivity contribution in [2.24, 2.45) is 0 Å². The van der Waals surface area contributed by atoms with E-state index in [2.05, 4.69) is 39.2 Å². The number of aromatic nitrogens is 4. The van der Waals surface area contributed by atoms with Crippen molar-refractivity contribution < 1.29 is 4.79 Å². The quantitative estimate of drug-likeness (QED) is 0.770. The molecule has 3 aromatic rings. The standard InChI is InChI=1S/C20H23N5O/c1-15-21-9-10-24(15)13-19(26)25-11-17(20-18(12-25)22-14-23-20)8-7-16-5-3-2-4-6-16/h2-6,9-10,14,17H,7-8,11-13H2,1H3,(H,22,23). The van der Waals surface area contributed by atoms with Gasteiger partial charge in [-0.3, -0.25) is 4.79 Å². The van der Waals surface area contributed by atoms with Crippen LogP contribution in [0.2, 0.25) is 0 Å². The molecule has 0 radical (unpaired) electrons. The van der Waals surface area contributed by atoms with E-state index in [1.807, 2.05) is 28.7 Å². The highest BCUT2D eigenvalue weighted by atomic mass is 16.2. The molecule has 1 amide bonds. The smallest absolute Gasteiger partial charge is 0.242 e. The number of carbonyl (C=O) groups is 1. The summed E-state index contributed by atoms with van der Waals surface area (Å²) >= 11 is 0. The number of nitrogens with one attached hydrogen (secondary N) is 1. The molecule has 134 valence electrons. The molecule has 1 unspecified atom stereocenters. The maximum atomic E-state index is 12.8. The molecule has 1 aliphatic rings. The Bertz CT molecular complexity index is 883. The summed E-state index contributed by atoms with van der Waals surface area (Å²) in [5.74, 6) is 1.24. The zero-order chi connectivity index (χ0) is 17.9. The number of H-pyrrole nitrogens is 1. The highest BCUT2D eigenvalue weighted by Gasteiger charge is 2.30. The van der Waals surface area contributed by atoms with E-state index in [1.54, 1.807) is 12.5 Å². The molecule has 1 aromatic carbocycles. The van der Waals surface area contributed by atoms with Crippen LogP contribution in [0.25, 0.3) is 0 Å². The number of aromatic amines is 1. The zero-order valence-electron chi connectivity index (χ0n) is 14.9. The van der Waals surface area contributed by atoms with Gasteiger partial charge >= 0.3 is 0 Å². The molecule has 0 spiro atoms. The van der Waals surface area contributed by atoms with Crippen molar-refractivity contribution in [2.75, 3.05) is 6.54 Å².